The van der Waals surface area contributed by atoms with Crippen molar-refractivity contribution in [2.75, 3.05) is 44.8 Å². The van der Waals surface area contributed by atoms with Crippen LogP contribution in [0.3, 0.4) is 0 Å². The standard InChI is InChI=1S/C18H24FN3O2/c1-13(12-23)21-6-3-7-22(9-8-21)17-4-5-20-16-11-15(19)18(24-2)10-14(16)17/h4-5,10-11,13,23H,3,6-9,12H2,1-2H3. The van der Waals surface area contributed by atoms with Crippen molar-refractivity contribution in [1.29, 1.82) is 0 Å². The smallest absolute Gasteiger partial charge is 0.167 e. The van der Waals surface area contributed by atoms with Crippen molar-refractivity contribution in [3.63, 3.8) is 0 Å². The molecular formula is C18H24FN3O2. The number of rotatable bonds is 4. The van der Waals surface area contributed by atoms with Crippen LogP contribution in [0.15, 0.2) is 24.4 Å². The SMILES string of the molecule is COc1cc2c(N3CCCN(C(C)CO)CC3)ccnc2cc1F. The fourth-order valence-electron chi connectivity index (χ4n) is 3.30. The van der Waals surface area contributed by atoms with Crippen LogP contribution < -0.4 is 9.64 Å². The number of aliphatic hydroxyl groups is 1. The van der Waals surface area contributed by atoms with E-state index in [-0.39, 0.29) is 18.4 Å². The molecule has 6 heteroatoms. The van der Waals surface area contributed by atoms with E-state index in [1.54, 1.807) is 12.3 Å². The second-order valence-corrected chi connectivity index (χ2v) is 6.24. The van der Waals surface area contributed by atoms with E-state index in [4.69, 9.17) is 4.74 Å². The third-order valence-corrected chi connectivity index (χ3v) is 4.75. The number of nitrogens with zero attached hydrogens (tertiary/aromatic N) is 3. The zero-order valence-electron chi connectivity index (χ0n) is 14.2. The summed E-state index contributed by atoms with van der Waals surface area (Å²) in [5.74, 6) is -0.157. The van der Waals surface area contributed by atoms with Gasteiger partial charge in [0.15, 0.2) is 11.6 Å². The highest BCUT2D eigenvalue weighted by Crippen LogP contribution is 2.31. The Hall–Kier alpha value is -1.92. The van der Waals surface area contributed by atoms with Gasteiger partial charge in [-0.15, -0.1) is 0 Å². The van der Waals surface area contributed by atoms with Crippen molar-refractivity contribution >= 4 is 16.6 Å². The van der Waals surface area contributed by atoms with E-state index in [0.29, 0.717) is 5.52 Å². The molecule has 1 saturated heterocycles. The highest BCUT2D eigenvalue weighted by atomic mass is 19.1. The van der Waals surface area contributed by atoms with Gasteiger partial charge < -0.3 is 14.7 Å². The summed E-state index contributed by atoms with van der Waals surface area (Å²) in [6.45, 7) is 5.87. The van der Waals surface area contributed by atoms with Crippen molar-refractivity contribution in [2.45, 2.75) is 19.4 Å². The lowest BCUT2D eigenvalue weighted by molar-refractivity contribution is 0.141. The second-order valence-electron chi connectivity index (χ2n) is 6.24. The molecule has 1 aliphatic rings. The van der Waals surface area contributed by atoms with Crippen LogP contribution in [0.2, 0.25) is 0 Å². The first-order valence-corrected chi connectivity index (χ1v) is 8.36. The largest absolute Gasteiger partial charge is 0.494 e. The fourth-order valence-corrected chi connectivity index (χ4v) is 3.30. The Bertz CT molecular complexity index is 710. The van der Waals surface area contributed by atoms with Gasteiger partial charge in [-0.1, -0.05) is 0 Å². The molecule has 1 fully saturated rings. The Kier molecular flexibility index (Phi) is 5.16. The number of pyridine rings is 1. The van der Waals surface area contributed by atoms with E-state index in [1.807, 2.05) is 13.0 Å². The number of ether oxygens (including phenoxy) is 1. The summed E-state index contributed by atoms with van der Waals surface area (Å²) in [5, 5.41) is 10.3. The lowest BCUT2D eigenvalue weighted by Crippen LogP contribution is -2.38. The summed E-state index contributed by atoms with van der Waals surface area (Å²) in [6, 6.07) is 5.31. The highest BCUT2D eigenvalue weighted by Gasteiger charge is 2.20. The van der Waals surface area contributed by atoms with Crippen LogP contribution in [0.1, 0.15) is 13.3 Å². The number of methoxy groups -OCH3 is 1. The fraction of sp³-hybridized carbons (Fsp3) is 0.500. The lowest BCUT2D eigenvalue weighted by atomic mass is 10.1. The molecule has 1 atom stereocenters. The monoisotopic (exact) mass is 333 g/mol. The molecule has 1 unspecified atom stereocenters. The average molecular weight is 333 g/mol. The number of aliphatic hydroxyl groups excluding tert-OH is 1. The third kappa shape index (κ3) is 3.30. The van der Waals surface area contributed by atoms with Crippen LogP contribution in [0, 0.1) is 5.82 Å². The highest BCUT2D eigenvalue weighted by molar-refractivity contribution is 5.92. The van der Waals surface area contributed by atoms with Gasteiger partial charge >= 0.3 is 0 Å². The topological polar surface area (TPSA) is 48.8 Å². The van der Waals surface area contributed by atoms with Gasteiger partial charge in [0.1, 0.15) is 0 Å². The van der Waals surface area contributed by atoms with Crippen LogP contribution >= 0.6 is 0 Å². The molecule has 130 valence electrons. The van der Waals surface area contributed by atoms with Gasteiger partial charge in [0.2, 0.25) is 0 Å². The summed E-state index contributed by atoms with van der Waals surface area (Å²) in [4.78, 5) is 8.91. The molecule has 3 rings (SSSR count). The molecule has 0 amide bonds. The van der Waals surface area contributed by atoms with Crippen LogP contribution in [0.25, 0.3) is 10.9 Å². The molecule has 1 N–H and O–H groups in total. The van der Waals surface area contributed by atoms with E-state index in [1.165, 1.54) is 13.2 Å². The molecule has 0 spiro atoms. The first kappa shape index (κ1) is 16.9. The molecule has 0 radical (unpaired) electrons. The first-order valence-electron chi connectivity index (χ1n) is 8.36. The molecule has 2 heterocycles. The number of halogens is 1. The number of anilines is 1. The van der Waals surface area contributed by atoms with Crippen molar-refractivity contribution in [1.82, 2.24) is 9.88 Å². The van der Waals surface area contributed by atoms with E-state index in [0.717, 1.165) is 43.7 Å². The van der Waals surface area contributed by atoms with Crippen molar-refractivity contribution in [2.24, 2.45) is 0 Å². The van der Waals surface area contributed by atoms with Gasteiger partial charge in [0.05, 0.1) is 19.2 Å². The molecule has 1 aromatic heterocycles. The first-order chi connectivity index (χ1) is 11.6. The molecule has 0 saturated carbocycles. The minimum absolute atomic E-state index is 0.174. The van der Waals surface area contributed by atoms with Crippen LogP contribution in [0.4, 0.5) is 10.1 Å². The number of benzene rings is 1. The zero-order valence-corrected chi connectivity index (χ0v) is 14.2. The van der Waals surface area contributed by atoms with Crippen LogP contribution in [-0.2, 0) is 0 Å². The van der Waals surface area contributed by atoms with Gasteiger partial charge in [-0.25, -0.2) is 4.39 Å². The molecule has 5 nitrogen and oxygen atoms in total. The van der Waals surface area contributed by atoms with E-state index in [2.05, 4.69) is 14.8 Å². The van der Waals surface area contributed by atoms with E-state index < -0.39 is 5.82 Å². The minimum atomic E-state index is -0.395. The summed E-state index contributed by atoms with van der Waals surface area (Å²) in [6.07, 6.45) is 2.75. The molecule has 2 aromatic rings. The zero-order chi connectivity index (χ0) is 17.1. The number of hydrogen-bond acceptors (Lipinski definition) is 5. The maximum absolute atomic E-state index is 13.9. The van der Waals surface area contributed by atoms with E-state index in [9.17, 15) is 9.50 Å². The quantitative estimate of drug-likeness (QED) is 0.930. The van der Waals surface area contributed by atoms with Crippen molar-refractivity contribution in [3.8, 4) is 5.75 Å². The van der Waals surface area contributed by atoms with Gasteiger partial charge in [-0.05, 0) is 25.5 Å². The second kappa shape index (κ2) is 7.32. The molecule has 0 aliphatic carbocycles. The van der Waals surface area contributed by atoms with Gasteiger partial charge in [-0.3, -0.25) is 9.88 Å². The maximum Gasteiger partial charge on any atom is 0.167 e. The lowest BCUT2D eigenvalue weighted by Gasteiger charge is -2.27. The van der Waals surface area contributed by atoms with E-state index >= 15 is 0 Å². The number of hydrogen-bond donors (Lipinski definition) is 1. The molecule has 1 aliphatic heterocycles. The van der Waals surface area contributed by atoms with Crippen LogP contribution in [-0.4, -0.2) is 60.9 Å². The Morgan fingerprint density at radius 3 is 2.88 bits per heavy atom. The predicted molar refractivity (Wildman–Crippen MR) is 93.2 cm³/mol. The minimum Gasteiger partial charge on any atom is -0.494 e. The number of fused-ring (bicyclic) bond motifs is 1. The number of aromatic nitrogens is 1. The molecule has 24 heavy (non-hydrogen) atoms. The Balaban J connectivity index is 1.91. The molecule has 1 aromatic carbocycles. The summed E-state index contributed by atoms with van der Waals surface area (Å²) < 4.78 is 19.1. The summed E-state index contributed by atoms with van der Waals surface area (Å²) >= 11 is 0. The third-order valence-electron chi connectivity index (χ3n) is 4.75. The van der Waals surface area contributed by atoms with Gasteiger partial charge in [0, 0.05) is 55.6 Å². The Morgan fingerprint density at radius 1 is 1.29 bits per heavy atom. The van der Waals surface area contributed by atoms with Crippen molar-refractivity contribution in [3.05, 3.63) is 30.2 Å². The van der Waals surface area contributed by atoms with Crippen LogP contribution in [0.5, 0.6) is 5.75 Å². The Labute approximate surface area is 141 Å². The average Bonchev–Trinajstić information content (AvgIpc) is 2.86. The maximum atomic E-state index is 13.9. The van der Waals surface area contributed by atoms with Gasteiger partial charge in [-0.2, -0.15) is 0 Å². The summed E-state index contributed by atoms with van der Waals surface area (Å²) in [7, 11) is 1.47. The van der Waals surface area contributed by atoms with Crippen molar-refractivity contribution < 1.29 is 14.2 Å². The molecular weight excluding hydrogens is 309 g/mol. The predicted octanol–water partition coefficient (Wildman–Crippen LogP) is 2.28. The summed E-state index contributed by atoms with van der Waals surface area (Å²) in [5.41, 5.74) is 1.69. The normalized spacial score (nSPS) is 17.8. The van der Waals surface area contributed by atoms with Gasteiger partial charge in [0.25, 0.3) is 0 Å². The Morgan fingerprint density at radius 2 is 2.12 bits per heavy atom. The molecule has 0 bridgehead atoms.